The van der Waals surface area contributed by atoms with E-state index in [1.54, 1.807) is 0 Å². The van der Waals surface area contributed by atoms with Crippen molar-refractivity contribution in [2.75, 3.05) is 9.80 Å². The number of hydrogen-bond acceptors (Lipinski definition) is 4. The standard InChI is InChI=1S/C50H42N4/c1-29-9-17-43(33(5)21-29)53(44-18-10-30(2)22-34(44)6)49-39(27-51)25-37-14-16-42-48-38(13-15-41(49)47(37)48)26-40(28-52)50(42)54(45-19-11-31(3)23-35(45)7)46-20-12-32(4)24-36(46)8/h9-26H,1-8H3. The van der Waals surface area contributed by atoms with Crippen molar-refractivity contribution in [2.24, 2.45) is 0 Å². The van der Waals surface area contributed by atoms with E-state index in [1.807, 2.05) is 12.1 Å². The van der Waals surface area contributed by atoms with Crippen molar-refractivity contribution in [3.63, 3.8) is 0 Å². The minimum absolute atomic E-state index is 0.603. The van der Waals surface area contributed by atoms with E-state index in [1.165, 1.54) is 22.3 Å². The summed E-state index contributed by atoms with van der Waals surface area (Å²) in [6.07, 6.45) is 0. The summed E-state index contributed by atoms with van der Waals surface area (Å²) in [6.45, 7) is 17.0. The van der Waals surface area contributed by atoms with Crippen LogP contribution >= 0.6 is 0 Å². The van der Waals surface area contributed by atoms with Gasteiger partial charge in [-0.2, -0.15) is 10.5 Å². The average Bonchev–Trinajstić information content (AvgIpc) is 3.14. The lowest BCUT2D eigenvalue weighted by Gasteiger charge is -2.32. The van der Waals surface area contributed by atoms with Gasteiger partial charge in [0.2, 0.25) is 0 Å². The topological polar surface area (TPSA) is 54.1 Å². The Morgan fingerprint density at radius 2 is 0.667 bits per heavy atom. The zero-order valence-electron chi connectivity index (χ0n) is 32.2. The molecule has 0 saturated carbocycles. The van der Waals surface area contributed by atoms with Gasteiger partial charge in [-0.3, -0.25) is 0 Å². The number of anilines is 6. The summed E-state index contributed by atoms with van der Waals surface area (Å²) in [4.78, 5) is 4.57. The van der Waals surface area contributed by atoms with Crippen molar-refractivity contribution in [1.29, 1.82) is 10.5 Å². The maximum Gasteiger partial charge on any atom is 0.101 e. The summed E-state index contributed by atoms with van der Waals surface area (Å²) in [6, 6.07) is 43.9. The van der Waals surface area contributed by atoms with Gasteiger partial charge in [0, 0.05) is 33.5 Å². The van der Waals surface area contributed by atoms with Crippen LogP contribution in [-0.2, 0) is 0 Å². The molecule has 8 aromatic rings. The largest absolute Gasteiger partial charge is 0.308 e. The van der Waals surface area contributed by atoms with Gasteiger partial charge in [-0.15, -0.1) is 0 Å². The quantitative estimate of drug-likeness (QED) is 0.162. The number of hydrogen-bond donors (Lipinski definition) is 0. The molecule has 262 valence electrons. The molecule has 0 amide bonds. The predicted octanol–water partition coefficient (Wildman–Crippen LogP) is 13.7. The Balaban J connectivity index is 1.52. The van der Waals surface area contributed by atoms with E-state index >= 15 is 0 Å². The zero-order valence-corrected chi connectivity index (χ0v) is 32.2. The van der Waals surface area contributed by atoms with Crippen molar-refractivity contribution in [3.8, 4) is 12.1 Å². The van der Waals surface area contributed by atoms with Crippen LogP contribution in [-0.4, -0.2) is 0 Å². The van der Waals surface area contributed by atoms with E-state index < -0.39 is 0 Å². The highest BCUT2D eigenvalue weighted by molar-refractivity contribution is 6.29. The van der Waals surface area contributed by atoms with Crippen LogP contribution in [0.4, 0.5) is 34.1 Å². The smallest absolute Gasteiger partial charge is 0.101 e. The number of rotatable bonds is 6. The van der Waals surface area contributed by atoms with E-state index in [0.29, 0.717) is 11.1 Å². The Labute approximate surface area is 318 Å². The van der Waals surface area contributed by atoms with Crippen LogP contribution in [0.15, 0.2) is 109 Å². The molecule has 0 aliphatic carbocycles. The molecule has 54 heavy (non-hydrogen) atoms. The first-order chi connectivity index (χ1) is 26.0. The zero-order chi connectivity index (χ0) is 38.0. The monoisotopic (exact) mass is 698 g/mol. The number of aryl methyl sites for hydroxylation is 8. The molecule has 4 nitrogen and oxygen atoms in total. The lowest BCUT2D eigenvalue weighted by atomic mass is 9.88. The molecule has 8 rings (SSSR count). The third-order valence-electron chi connectivity index (χ3n) is 10.9. The first kappa shape index (κ1) is 34.5. The lowest BCUT2D eigenvalue weighted by molar-refractivity contribution is 1.21. The van der Waals surface area contributed by atoms with E-state index in [0.717, 1.165) is 88.7 Å². The lowest BCUT2D eigenvalue weighted by Crippen LogP contribution is -2.16. The summed E-state index contributed by atoms with van der Waals surface area (Å²) in [5, 5.41) is 27.9. The molecule has 0 N–H and O–H groups in total. The number of nitriles is 2. The van der Waals surface area contributed by atoms with E-state index in [-0.39, 0.29) is 0 Å². The second kappa shape index (κ2) is 13.1. The summed E-state index contributed by atoms with van der Waals surface area (Å²) < 4.78 is 0. The molecule has 0 atom stereocenters. The van der Waals surface area contributed by atoms with Crippen molar-refractivity contribution >= 4 is 66.4 Å². The molecule has 0 aromatic heterocycles. The molecule has 4 heteroatoms. The maximum atomic E-state index is 10.9. The van der Waals surface area contributed by atoms with Crippen LogP contribution in [0.2, 0.25) is 0 Å². The molecule has 0 bridgehead atoms. The fourth-order valence-corrected chi connectivity index (χ4v) is 8.54. The van der Waals surface area contributed by atoms with Gasteiger partial charge in [0.15, 0.2) is 0 Å². The molecule has 8 aromatic carbocycles. The van der Waals surface area contributed by atoms with Crippen molar-refractivity contribution in [1.82, 2.24) is 0 Å². The van der Waals surface area contributed by atoms with Gasteiger partial charge in [-0.1, -0.05) is 95.1 Å². The number of benzene rings is 8. The van der Waals surface area contributed by atoms with Gasteiger partial charge >= 0.3 is 0 Å². The molecule has 0 radical (unpaired) electrons. The SMILES string of the molecule is Cc1ccc(N(c2ccc(C)cc2C)c2c(C#N)cc3ccc4c(N(c5ccc(C)cc5C)c5ccc(C)cc5C)c(C#N)cc5ccc2c3c54)c(C)c1. The van der Waals surface area contributed by atoms with Crippen LogP contribution in [0.1, 0.15) is 55.6 Å². The third-order valence-corrected chi connectivity index (χ3v) is 10.9. The molecular formula is C50H42N4. The molecule has 0 heterocycles. The maximum absolute atomic E-state index is 10.9. The Bertz CT molecular complexity index is 2600. The van der Waals surface area contributed by atoms with Gasteiger partial charge in [0.25, 0.3) is 0 Å². The van der Waals surface area contributed by atoms with Crippen LogP contribution in [0, 0.1) is 78.1 Å². The van der Waals surface area contributed by atoms with Gasteiger partial charge in [-0.25, -0.2) is 0 Å². The minimum atomic E-state index is 0.603. The second-order valence-corrected chi connectivity index (χ2v) is 15.0. The molecule has 0 aliphatic rings. The highest BCUT2D eigenvalue weighted by Crippen LogP contribution is 2.51. The van der Waals surface area contributed by atoms with E-state index in [2.05, 4.69) is 174 Å². The van der Waals surface area contributed by atoms with Crippen molar-refractivity contribution < 1.29 is 0 Å². The Hall–Kier alpha value is -6.62. The molecule has 0 saturated heterocycles. The number of nitrogens with zero attached hydrogens (tertiary/aromatic N) is 4. The Morgan fingerprint density at radius 1 is 0.370 bits per heavy atom. The van der Waals surface area contributed by atoms with E-state index in [9.17, 15) is 10.5 Å². The van der Waals surface area contributed by atoms with E-state index in [4.69, 9.17) is 0 Å². The fraction of sp³-hybridized carbons (Fsp3) is 0.160. The highest BCUT2D eigenvalue weighted by atomic mass is 15.2. The first-order valence-corrected chi connectivity index (χ1v) is 18.5. The summed E-state index contributed by atoms with van der Waals surface area (Å²) in [5.74, 6) is 0. The van der Waals surface area contributed by atoms with Crippen molar-refractivity contribution in [3.05, 3.63) is 165 Å². The highest BCUT2D eigenvalue weighted by Gasteiger charge is 2.28. The molecule has 0 spiro atoms. The Kier molecular flexibility index (Phi) is 8.36. The predicted molar refractivity (Wildman–Crippen MR) is 227 cm³/mol. The average molecular weight is 699 g/mol. The molecule has 0 fully saturated rings. The van der Waals surface area contributed by atoms with Gasteiger partial charge < -0.3 is 9.80 Å². The minimum Gasteiger partial charge on any atom is -0.308 e. The molecule has 0 aliphatic heterocycles. The molecule has 0 unspecified atom stereocenters. The van der Waals surface area contributed by atoms with Gasteiger partial charge in [0.05, 0.1) is 22.5 Å². The van der Waals surface area contributed by atoms with Crippen LogP contribution in [0.25, 0.3) is 32.3 Å². The Morgan fingerprint density at radius 3 is 0.926 bits per heavy atom. The van der Waals surface area contributed by atoms with Gasteiger partial charge in [-0.05, 0) is 136 Å². The van der Waals surface area contributed by atoms with Gasteiger partial charge in [0.1, 0.15) is 12.1 Å². The van der Waals surface area contributed by atoms with Crippen LogP contribution in [0.5, 0.6) is 0 Å². The second-order valence-electron chi connectivity index (χ2n) is 15.0. The van der Waals surface area contributed by atoms with Crippen LogP contribution in [0.3, 0.4) is 0 Å². The normalized spacial score (nSPS) is 11.3. The fourth-order valence-electron chi connectivity index (χ4n) is 8.54. The third kappa shape index (κ3) is 5.51. The summed E-state index contributed by atoms with van der Waals surface area (Å²) >= 11 is 0. The van der Waals surface area contributed by atoms with Crippen molar-refractivity contribution in [2.45, 2.75) is 55.4 Å². The van der Waals surface area contributed by atoms with Crippen LogP contribution < -0.4 is 9.80 Å². The molecular weight excluding hydrogens is 657 g/mol. The first-order valence-electron chi connectivity index (χ1n) is 18.5. The summed E-state index contributed by atoms with van der Waals surface area (Å²) in [7, 11) is 0. The summed E-state index contributed by atoms with van der Waals surface area (Å²) in [5.41, 5.74) is 16.3.